The molecule has 0 fully saturated rings. The Kier molecular flexibility index (Phi) is 6.38. The van der Waals surface area contributed by atoms with Crippen molar-refractivity contribution in [3.63, 3.8) is 0 Å². The molecule has 0 aromatic heterocycles. The molecule has 0 spiro atoms. The Morgan fingerprint density at radius 1 is 1.18 bits per heavy atom. The molecule has 2 nitrogen and oxygen atoms in total. The van der Waals surface area contributed by atoms with Gasteiger partial charge < -0.3 is 4.84 Å². The topological polar surface area (TPSA) is 21.6 Å². The molecule has 0 unspecified atom stereocenters. The lowest BCUT2D eigenvalue weighted by molar-refractivity contribution is 0.129. The molecule has 0 bridgehead atoms. The van der Waals surface area contributed by atoms with Crippen LogP contribution in [-0.4, -0.2) is 5.71 Å². The summed E-state index contributed by atoms with van der Waals surface area (Å²) in [4.78, 5) is 5.34. The Morgan fingerprint density at radius 3 is 2.53 bits per heavy atom. The minimum Gasteiger partial charge on any atom is -0.391 e. The van der Waals surface area contributed by atoms with Crippen LogP contribution in [0, 0.1) is 6.92 Å². The van der Waals surface area contributed by atoms with Crippen LogP contribution in [-0.2, 0) is 11.4 Å². The summed E-state index contributed by atoms with van der Waals surface area (Å²) in [5.41, 5.74) is 3.53. The van der Waals surface area contributed by atoms with Gasteiger partial charge in [-0.2, -0.15) is 0 Å². The fourth-order valence-corrected chi connectivity index (χ4v) is 1.58. The lowest BCUT2D eigenvalue weighted by atomic mass is 10.1. The van der Waals surface area contributed by atoms with Gasteiger partial charge in [0.05, 0.1) is 5.71 Å². The van der Waals surface area contributed by atoms with Crippen molar-refractivity contribution >= 4 is 5.71 Å². The minimum absolute atomic E-state index is 0.561. The average Bonchev–Trinajstić information content (AvgIpc) is 2.32. The maximum atomic E-state index is 5.34. The molecule has 94 valence electrons. The van der Waals surface area contributed by atoms with Gasteiger partial charge in [0.2, 0.25) is 0 Å². The van der Waals surface area contributed by atoms with Gasteiger partial charge in [-0.05, 0) is 32.3 Å². The lowest BCUT2D eigenvalue weighted by Gasteiger charge is -2.03. The zero-order valence-electron chi connectivity index (χ0n) is 11.2. The van der Waals surface area contributed by atoms with Crippen molar-refractivity contribution < 1.29 is 4.84 Å². The second-order valence-corrected chi connectivity index (χ2v) is 4.54. The molecule has 1 rings (SSSR count). The van der Waals surface area contributed by atoms with Crippen molar-refractivity contribution in [3.8, 4) is 0 Å². The lowest BCUT2D eigenvalue weighted by Crippen LogP contribution is -1.94. The molecule has 0 radical (unpaired) electrons. The molecule has 0 amide bonds. The van der Waals surface area contributed by atoms with Crippen LogP contribution in [0.25, 0.3) is 0 Å². The van der Waals surface area contributed by atoms with Crippen LogP contribution in [0.2, 0.25) is 0 Å². The van der Waals surface area contributed by atoms with Crippen molar-refractivity contribution in [3.05, 3.63) is 35.4 Å². The number of hydrogen-bond donors (Lipinski definition) is 0. The Hall–Kier alpha value is -1.31. The number of oxime groups is 1. The molecule has 2 heteroatoms. The van der Waals surface area contributed by atoms with Crippen molar-refractivity contribution in [2.24, 2.45) is 5.16 Å². The second kappa shape index (κ2) is 7.88. The normalized spacial score (nSPS) is 11.6. The summed E-state index contributed by atoms with van der Waals surface area (Å²) in [7, 11) is 0. The minimum atomic E-state index is 0.561. The second-order valence-electron chi connectivity index (χ2n) is 4.54. The third-order valence-corrected chi connectivity index (χ3v) is 2.71. The van der Waals surface area contributed by atoms with Crippen LogP contribution in [0.5, 0.6) is 0 Å². The summed E-state index contributed by atoms with van der Waals surface area (Å²) in [6, 6.07) is 8.35. The molecule has 0 atom stereocenters. The molecule has 1 aromatic rings. The first kappa shape index (κ1) is 13.8. The molecule has 0 aliphatic heterocycles. The standard InChI is InChI=1S/C15H23NO/c1-4-5-6-7-14(3)16-17-12-15-10-8-13(2)9-11-15/h8-11H,4-7,12H2,1-3H3/b16-14-. The van der Waals surface area contributed by atoms with Crippen molar-refractivity contribution in [1.29, 1.82) is 0 Å². The van der Waals surface area contributed by atoms with E-state index in [-0.39, 0.29) is 0 Å². The Labute approximate surface area is 105 Å². The van der Waals surface area contributed by atoms with E-state index in [1.165, 1.54) is 30.4 Å². The summed E-state index contributed by atoms with van der Waals surface area (Å²) < 4.78 is 0. The zero-order valence-corrected chi connectivity index (χ0v) is 11.2. The number of rotatable bonds is 7. The third-order valence-electron chi connectivity index (χ3n) is 2.71. The summed E-state index contributed by atoms with van der Waals surface area (Å²) >= 11 is 0. The fraction of sp³-hybridized carbons (Fsp3) is 0.533. The van der Waals surface area contributed by atoms with Crippen molar-refractivity contribution in [1.82, 2.24) is 0 Å². The summed E-state index contributed by atoms with van der Waals surface area (Å²) in [5.74, 6) is 0. The highest BCUT2D eigenvalue weighted by Crippen LogP contribution is 2.06. The van der Waals surface area contributed by atoms with E-state index in [4.69, 9.17) is 4.84 Å². The van der Waals surface area contributed by atoms with Gasteiger partial charge >= 0.3 is 0 Å². The summed E-state index contributed by atoms with van der Waals surface area (Å²) in [6.07, 6.45) is 4.77. The first-order chi connectivity index (χ1) is 8.22. The predicted octanol–water partition coefficient (Wildman–Crippen LogP) is 4.47. The van der Waals surface area contributed by atoms with Crippen LogP contribution in [0.1, 0.15) is 50.7 Å². The molecule has 0 heterocycles. The highest BCUT2D eigenvalue weighted by molar-refractivity contribution is 5.81. The number of benzene rings is 1. The van der Waals surface area contributed by atoms with Crippen LogP contribution >= 0.6 is 0 Å². The maximum Gasteiger partial charge on any atom is 0.142 e. The van der Waals surface area contributed by atoms with Gasteiger partial charge in [0.15, 0.2) is 0 Å². The number of nitrogens with zero attached hydrogens (tertiary/aromatic N) is 1. The van der Waals surface area contributed by atoms with Gasteiger partial charge in [0, 0.05) is 0 Å². The maximum absolute atomic E-state index is 5.34. The quantitative estimate of drug-likeness (QED) is 0.387. The van der Waals surface area contributed by atoms with Gasteiger partial charge in [-0.3, -0.25) is 0 Å². The molecular weight excluding hydrogens is 210 g/mol. The highest BCUT2D eigenvalue weighted by atomic mass is 16.6. The van der Waals surface area contributed by atoms with Crippen molar-refractivity contribution in [2.45, 2.75) is 53.1 Å². The van der Waals surface area contributed by atoms with Gasteiger partial charge in [-0.25, -0.2) is 0 Å². The largest absolute Gasteiger partial charge is 0.391 e. The van der Waals surface area contributed by atoms with E-state index in [1.807, 2.05) is 6.92 Å². The molecule has 0 saturated carbocycles. The molecule has 0 aliphatic rings. The van der Waals surface area contributed by atoms with Crippen LogP contribution in [0.4, 0.5) is 0 Å². The van der Waals surface area contributed by atoms with Crippen LogP contribution < -0.4 is 0 Å². The van der Waals surface area contributed by atoms with Crippen molar-refractivity contribution in [2.75, 3.05) is 0 Å². The van der Waals surface area contributed by atoms with E-state index in [0.29, 0.717) is 6.61 Å². The van der Waals surface area contributed by atoms with Gasteiger partial charge in [-0.1, -0.05) is 54.8 Å². The Bertz CT molecular complexity index is 340. The Morgan fingerprint density at radius 2 is 1.88 bits per heavy atom. The van der Waals surface area contributed by atoms with E-state index < -0.39 is 0 Å². The van der Waals surface area contributed by atoms with E-state index in [9.17, 15) is 0 Å². The molecular formula is C15H23NO. The van der Waals surface area contributed by atoms with E-state index in [1.54, 1.807) is 0 Å². The molecule has 1 aromatic carbocycles. The van der Waals surface area contributed by atoms with Gasteiger partial charge in [0.25, 0.3) is 0 Å². The first-order valence-corrected chi connectivity index (χ1v) is 6.43. The summed E-state index contributed by atoms with van der Waals surface area (Å²) in [6.45, 7) is 6.89. The predicted molar refractivity (Wildman–Crippen MR) is 73.2 cm³/mol. The van der Waals surface area contributed by atoms with E-state index in [0.717, 1.165) is 12.1 Å². The Balaban J connectivity index is 2.26. The van der Waals surface area contributed by atoms with E-state index in [2.05, 4.69) is 43.3 Å². The smallest absolute Gasteiger partial charge is 0.142 e. The molecule has 17 heavy (non-hydrogen) atoms. The van der Waals surface area contributed by atoms with Crippen LogP contribution in [0.3, 0.4) is 0 Å². The van der Waals surface area contributed by atoms with Gasteiger partial charge in [0.1, 0.15) is 6.61 Å². The third kappa shape index (κ3) is 6.10. The zero-order chi connectivity index (χ0) is 12.5. The van der Waals surface area contributed by atoms with E-state index >= 15 is 0 Å². The molecule has 0 saturated heterocycles. The fourth-order valence-electron chi connectivity index (χ4n) is 1.58. The summed E-state index contributed by atoms with van der Waals surface area (Å²) in [5, 5.41) is 4.13. The number of aryl methyl sites for hydroxylation is 1. The average molecular weight is 233 g/mol. The van der Waals surface area contributed by atoms with Gasteiger partial charge in [-0.15, -0.1) is 0 Å². The SMILES string of the molecule is CCCCC/C(C)=N\OCc1ccc(C)cc1. The number of unbranched alkanes of at least 4 members (excludes halogenated alkanes) is 2. The molecule has 0 aliphatic carbocycles. The molecule has 0 N–H and O–H groups in total. The first-order valence-electron chi connectivity index (χ1n) is 6.43. The number of hydrogen-bond acceptors (Lipinski definition) is 2. The highest BCUT2D eigenvalue weighted by Gasteiger charge is 1.94. The monoisotopic (exact) mass is 233 g/mol. The van der Waals surface area contributed by atoms with Crippen LogP contribution in [0.15, 0.2) is 29.4 Å².